The van der Waals surface area contributed by atoms with Crippen LogP contribution in [0.25, 0.3) is 0 Å². The number of hydrogen-bond donors (Lipinski definition) is 1. The number of carboxylic acid groups (broad SMARTS) is 1. The number of hydrogen-bond acceptors (Lipinski definition) is 1. The zero-order valence-electron chi connectivity index (χ0n) is 12.0. The van der Waals surface area contributed by atoms with Gasteiger partial charge >= 0.3 is 5.97 Å². The van der Waals surface area contributed by atoms with E-state index in [1.807, 2.05) is 0 Å². The van der Waals surface area contributed by atoms with Gasteiger partial charge in [-0.05, 0) is 18.3 Å². The fourth-order valence-electron chi connectivity index (χ4n) is 3.37. The van der Waals surface area contributed by atoms with Crippen molar-refractivity contribution in [3.05, 3.63) is 0 Å². The number of unbranched alkanes of at least 4 members (excludes halogenated alkanes) is 5. The first kappa shape index (κ1) is 15.5. The molecule has 0 heterocycles. The second-order valence-electron chi connectivity index (χ2n) is 5.94. The van der Waals surface area contributed by atoms with Crippen LogP contribution in [0.2, 0.25) is 0 Å². The summed E-state index contributed by atoms with van der Waals surface area (Å²) in [6, 6.07) is 0. The first-order chi connectivity index (χ1) is 8.74. The quantitative estimate of drug-likeness (QED) is 0.556. The topological polar surface area (TPSA) is 37.3 Å². The van der Waals surface area contributed by atoms with Gasteiger partial charge in [0, 0.05) is 6.42 Å². The Morgan fingerprint density at radius 2 is 1.61 bits per heavy atom. The van der Waals surface area contributed by atoms with Crippen LogP contribution in [-0.2, 0) is 4.79 Å². The third-order valence-electron chi connectivity index (χ3n) is 4.47. The summed E-state index contributed by atoms with van der Waals surface area (Å²) in [5.41, 5.74) is 0. The summed E-state index contributed by atoms with van der Waals surface area (Å²) >= 11 is 0. The first-order valence-electron chi connectivity index (χ1n) is 7.95. The summed E-state index contributed by atoms with van der Waals surface area (Å²) in [5, 5.41) is 8.76. The molecule has 1 saturated carbocycles. The van der Waals surface area contributed by atoms with Gasteiger partial charge in [-0.25, -0.2) is 0 Å². The Morgan fingerprint density at radius 3 is 2.28 bits per heavy atom. The predicted octanol–water partition coefficient (Wildman–Crippen LogP) is 5.02. The maximum absolute atomic E-state index is 10.6. The van der Waals surface area contributed by atoms with E-state index in [9.17, 15) is 4.79 Å². The van der Waals surface area contributed by atoms with Gasteiger partial charge in [0.05, 0.1) is 0 Å². The van der Waals surface area contributed by atoms with Crippen molar-refractivity contribution in [3.8, 4) is 0 Å². The van der Waals surface area contributed by atoms with E-state index in [1.165, 1.54) is 64.2 Å². The summed E-state index contributed by atoms with van der Waals surface area (Å²) in [6.07, 6.45) is 14.8. The number of rotatable bonds is 10. The molecule has 1 aliphatic carbocycles. The second kappa shape index (κ2) is 9.41. The molecule has 1 rings (SSSR count). The van der Waals surface area contributed by atoms with Gasteiger partial charge in [0.25, 0.3) is 0 Å². The Hall–Kier alpha value is -0.530. The molecule has 1 fully saturated rings. The first-order valence-corrected chi connectivity index (χ1v) is 7.95. The van der Waals surface area contributed by atoms with Crippen LogP contribution in [0.1, 0.15) is 84.0 Å². The molecule has 0 aromatic carbocycles. The molecule has 2 atom stereocenters. The molecule has 0 aromatic heterocycles. The molecule has 0 saturated heterocycles. The highest BCUT2D eigenvalue weighted by atomic mass is 16.4. The summed E-state index contributed by atoms with van der Waals surface area (Å²) in [4.78, 5) is 10.6. The fourth-order valence-corrected chi connectivity index (χ4v) is 3.37. The standard InChI is InChI=1S/C16H30O2/c1-2-3-4-5-6-7-9-14-10-8-11-15(14)12-13-16(17)18/h14-15H,2-13H2,1H3,(H,17,18). The Labute approximate surface area is 112 Å². The number of aliphatic carboxylic acids is 1. The van der Waals surface area contributed by atoms with Crippen LogP contribution in [0.4, 0.5) is 0 Å². The Kier molecular flexibility index (Phi) is 8.11. The van der Waals surface area contributed by atoms with E-state index < -0.39 is 5.97 Å². The molecule has 0 aliphatic heterocycles. The van der Waals surface area contributed by atoms with Crippen LogP contribution >= 0.6 is 0 Å². The number of carbonyl (C=O) groups is 1. The van der Waals surface area contributed by atoms with Crippen LogP contribution < -0.4 is 0 Å². The molecule has 2 unspecified atom stereocenters. The third-order valence-corrected chi connectivity index (χ3v) is 4.47. The predicted molar refractivity (Wildman–Crippen MR) is 75.7 cm³/mol. The van der Waals surface area contributed by atoms with Crippen molar-refractivity contribution in [2.24, 2.45) is 11.8 Å². The van der Waals surface area contributed by atoms with Crippen molar-refractivity contribution in [2.75, 3.05) is 0 Å². The lowest BCUT2D eigenvalue weighted by molar-refractivity contribution is -0.137. The van der Waals surface area contributed by atoms with E-state index >= 15 is 0 Å². The van der Waals surface area contributed by atoms with Gasteiger partial charge in [0.15, 0.2) is 0 Å². The largest absolute Gasteiger partial charge is 0.481 e. The SMILES string of the molecule is CCCCCCCCC1CCCC1CCC(=O)O. The molecular weight excluding hydrogens is 224 g/mol. The van der Waals surface area contributed by atoms with E-state index in [4.69, 9.17) is 5.11 Å². The molecule has 0 spiro atoms. The summed E-state index contributed by atoms with van der Waals surface area (Å²) in [5.74, 6) is 0.910. The van der Waals surface area contributed by atoms with Crippen molar-refractivity contribution in [2.45, 2.75) is 84.0 Å². The molecule has 0 radical (unpaired) electrons. The molecule has 0 bridgehead atoms. The summed E-state index contributed by atoms with van der Waals surface area (Å²) < 4.78 is 0. The Bertz CT molecular complexity index is 225. The minimum Gasteiger partial charge on any atom is -0.481 e. The minimum atomic E-state index is -0.625. The molecule has 2 heteroatoms. The monoisotopic (exact) mass is 254 g/mol. The minimum absolute atomic E-state index is 0.373. The van der Waals surface area contributed by atoms with Crippen molar-refractivity contribution in [3.63, 3.8) is 0 Å². The molecule has 1 aliphatic rings. The summed E-state index contributed by atoms with van der Waals surface area (Å²) in [7, 11) is 0. The zero-order valence-corrected chi connectivity index (χ0v) is 12.0. The maximum atomic E-state index is 10.6. The van der Waals surface area contributed by atoms with Gasteiger partial charge in [-0.3, -0.25) is 4.79 Å². The average molecular weight is 254 g/mol. The lowest BCUT2D eigenvalue weighted by atomic mass is 9.87. The van der Waals surface area contributed by atoms with Gasteiger partial charge in [-0.1, -0.05) is 71.1 Å². The van der Waals surface area contributed by atoms with Crippen LogP contribution in [0.15, 0.2) is 0 Å². The lowest BCUT2D eigenvalue weighted by Gasteiger charge is -2.18. The molecule has 1 N–H and O–H groups in total. The van der Waals surface area contributed by atoms with Crippen molar-refractivity contribution >= 4 is 5.97 Å². The van der Waals surface area contributed by atoms with Crippen LogP contribution in [-0.4, -0.2) is 11.1 Å². The molecular formula is C16H30O2. The lowest BCUT2D eigenvalue weighted by Crippen LogP contribution is -2.10. The fraction of sp³-hybridized carbons (Fsp3) is 0.938. The molecule has 2 nitrogen and oxygen atoms in total. The Morgan fingerprint density at radius 1 is 1.00 bits per heavy atom. The van der Waals surface area contributed by atoms with Crippen LogP contribution in [0.5, 0.6) is 0 Å². The second-order valence-corrected chi connectivity index (χ2v) is 5.94. The van der Waals surface area contributed by atoms with Crippen LogP contribution in [0.3, 0.4) is 0 Å². The van der Waals surface area contributed by atoms with Gasteiger partial charge in [-0.15, -0.1) is 0 Å². The molecule has 0 aromatic rings. The van der Waals surface area contributed by atoms with Crippen molar-refractivity contribution in [1.29, 1.82) is 0 Å². The van der Waals surface area contributed by atoms with Crippen LogP contribution in [0, 0.1) is 11.8 Å². The smallest absolute Gasteiger partial charge is 0.303 e. The number of carboxylic acids is 1. The van der Waals surface area contributed by atoms with Crippen molar-refractivity contribution in [1.82, 2.24) is 0 Å². The van der Waals surface area contributed by atoms with Gasteiger partial charge in [0.2, 0.25) is 0 Å². The molecule has 106 valence electrons. The molecule has 0 amide bonds. The maximum Gasteiger partial charge on any atom is 0.303 e. The van der Waals surface area contributed by atoms with E-state index in [0.717, 1.165) is 12.3 Å². The van der Waals surface area contributed by atoms with Crippen molar-refractivity contribution < 1.29 is 9.90 Å². The van der Waals surface area contributed by atoms with E-state index in [-0.39, 0.29) is 0 Å². The van der Waals surface area contributed by atoms with Gasteiger partial charge in [-0.2, -0.15) is 0 Å². The normalized spacial score (nSPS) is 23.4. The molecule has 18 heavy (non-hydrogen) atoms. The zero-order chi connectivity index (χ0) is 13.2. The Balaban J connectivity index is 2.06. The third kappa shape index (κ3) is 6.42. The van der Waals surface area contributed by atoms with E-state index in [2.05, 4.69) is 6.92 Å². The van der Waals surface area contributed by atoms with Gasteiger partial charge < -0.3 is 5.11 Å². The van der Waals surface area contributed by atoms with Gasteiger partial charge in [0.1, 0.15) is 0 Å². The van der Waals surface area contributed by atoms with E-state index in [1.54, 1.807) is 0 Å². The highest BCUT2D eigenvalue weighted by Gasteiger charge is 2.26. The average Bonchev–Trinajstić information content (AvgIpc) is 2.78. The highest BCUT2D eigenvalue weighted by Crippen LogP contribution is 2.38. The highest BCUT2D eigenvalue weighted by molar-refractivity contribution is 5.66. The summed E-state index contributed by atoms with van der Waals surface area (Å²) in [6.45, 7) is 2.26. The van der Waals surface area contributed by atoms with E-state index in [0.29, 0.717) is 12.3 Å².